The van der Waals surface area contributed by atoms with E-state index in [2.05, 4.69) is 5.32 Å². The Kier molecular flexibility index (Phi) is 4.93. The van der Waals surface area contributed by atoms with E-state index in [-0.39, 0.29) is 11.8 Å². The van der Waals surface area contributed by atoms with E-state index in [0.29, 0.717) is 30.1 Å². The number of anilines is 1. The number of likely N-dealkylation sites (tertiary alicyclic amines) is 1. The molecule has 7 nitrogen and oxygen atoms in total. The van der Waals surface area contributed by atoms with Crippen LogP contribution in [-0.4, -0.2) is 41.5 Å². The molecular formula is C15H21N3O4S. The van der Waals surface area contributed by atoms with Gasteiger partial charge in [0.15, 0.2) is 0 Å². The summed E-state index contributed by atoms with van der Waals surface area (Å²) in [6, 6.07) is 1.55. The summed E-state index contributed by atoms with van der Waals surface area (Å²) >= 11 is 1.18. The average molecular weight is 339 g/mol. The lowest BCUT2D eigenvalue weighted by Gasteiger charge is -2.24. The highest BCUT2D eigenvalue weighted by molar-refractivity contribution is 7.12. The second-order valence-corrected chi connectivity index (χ2v) is 7.38. The van der Waals surface area contributed by atoms with Crippen LogP contribution in [0, 0.1) is 5.92 Å². The van der Waals surface area contributed by atoms with Crippen LogP contribution in [0.25, 0.3) is 0 Å². The van der Waals surface area contributed by atoms with Gasteiger partial charge in [0.25, 0.3) is 5.91 Å². The third-order valence-electron chi connectivity index (χ3n) is 3.32. The largest absolute Gasteiger partial charge is 0.444 e. The number of nitrogens with two attached hydrogens (primary N) is 1. The van der Waals surface area contributed by atoms with E-state index in [1.165, 1.54) is 16.2 Å². The number of nitrogens with zero attached hydrogens (tertiary/aromatic N) is 1. The zero-order valence-electron chi connectivity index (χ0n) is 13.4. The lowest BCUT2D eigenvalue weighted by molar-refractivity contribution is -0.119. The molecule has 1 atom stereocenters. The van der Waals surface area contributed by atoms with Crippen LogP contribution < -0.4 is 11.1 Å². The van der Waals surface area contributed by atoms with Crippen LogP contribution in [0.15, 0.2) is 11.4 Å². The fraction of sp³-hybridized carbons (Fsp3) is 0.533. The second-order valence-electron chi connectivity index (χ2n) is 6.47. The number of amides is 3. The van der Waals surface area contributed by atoms with Crippen molar-refractivity contribution >= 4 is 34.9 Å². The summed E-state index contributed by atoms with van der Waals surface area (Å²) in [5.41, 5.74) is 5.17. The van der Waals surface area contributed by atoms with Crippen LogP contribution >= 0.6 is 11.3 Å². The summed E-state index contributed by atoms with van der Waals surface area (Å²) in [6.07, 6.45) is 0.178. The van der Waals surface area contributed by atoms with Gasteiger partial charge in [0.2, 0.25) is 5.91 Å². The van der Waals surface area contributed by atoms with Crippen molar-refractivity contribution in [3.05, 3.63) is 16.3 Å². The first-order valence-electron chi connectivity index (χ1n) is 7.33. The lowest BCUT2D eigenvalue weighted by atomic mass is 10.1. The van der Waals surface area contributed by atoms with Gasteiger partial charge in [-0.3, -0.25) is 9.59 Å². The molecule has 1 aromatic heterocycles. The quantitative estimate of drug-likeness (QED) is 0.879. The number of hydrogen-bond acceptors (Lipinski definition) is 5. The minimum atomic E-state index is -0.556. The van der Waals surface area contributed by atoms with E-state index in [1.54, 1.807) is 32.2 Å². The third-order valence-corrected chi connectivity index (χ3v) is 4.27. The van der Waals surface area contributed by atoms with Crippen molar-refractivity contribution in [1.29, 1.82) is 0 Å². The first-order valence-corrected chi connectivity index (χ1v) is 8.21. The van der Waals surface area contributed by atoms with Crippen LogP contribution in [0.1, 0.15) is 36.9 Å². The maximum absolute atomic E-state index is 12.2. The number of carbonyl (C=O) groups excluding carboxylic acids is 3. The molecule has 3 amide bonds. The van der Waals surface area contributed by atoms with Gasteiger partial charge in [-0.1, -0.05) is 0 Å². The molecule has 1 aliphatic rings. The number of primary amides is 1. The van der Waals surface area contributed by atoms with E-state index in [9.17, 15) is 14.4 Å². The highest BCUT2D eigenvalue weighted by atomic mass is 32.1. The number of rotatable bonds is 3. The Hall–Kier alpha value is -2.09. The molecule has 2 heterocycles. The summed E-state index contributed by atoms with van der Waals surface area (Å²) < 4.78 is 5.30. The standard InChI is InChI=1S/C15H21N3O4S/c1-15(2,3)22-14(21)18-5-4-9(7-18)13(20)17-10-6-11(12(16)19)23-8-10/h6,8-9H,4-5,7H2,1-3H3,(H2,16,19)(H,17,20). The van der Waals surface area contributed by atoms with Gasteiger partial charge >= 0.3 is 6.09 Å². The molecule has 0 aromatic carbocycles. The monoisotopic (exact) mass is 339 g/mol. The van der Waals surface area contributed by atoms with Gasteiger partial charge in [0.05, 0.1) is 16.5 Å². The molecule has 1 saturated heterocycles. The van der Waals surface area contributed by atoms with Gasteiger partial charge in [-0.2, -0.15) is 0 Å². The first-order chi connectivity index (χ1) is 10.7. The normalized spacial score (nSPS) is 17.9. The van der Waals surface area contributed by atoms with Gasteiger partial charge in [0.1, 0.15) is 5.60 Å². The molecule has 0 bridgehead atoms. The molecule has 126 valence electrons. The molecule has 1 aromatic rings. The van der Waals surface area contributed by atoms with Crippen molar-refractivity contribution in [2.24, 2.45) is 11.7 Å². The average Bonchev–Trinajstić information content (AvgIpc) is 3.05. The highest BCUT2D eigenvalue weighted by Gasteiger charge is 2.33. The van der Waals surface area contributed by atoms with Crippen LogP contribution in [0.3, 0.4) is 0 Å². The van der Waals surface area contributed by atoms with Gasteiger partial charge < -0.3 is 20.7 Å². The van der Waals surface area contributed by atoms with Crippen LogP contribution in [0.2, 0.25) is 0 Å². The number of ether oxygens (including phenoxy) is 1. The molecule has 8 heteroatoms. The Balaban J connectivity index is 1.89. The minimum absolute atomic E-state index is 0.176. The van der Waals surface area contributed by atoms with E-state index >= 15 is 0 Å². The maximum Gasteiger partial charge on any atom is 0.410 e. The fourth-order valence-corrected chi connectivity index (χ4v) is 2.93. The molecule has 0 saturated carbocycles. The topological polar surface area (TPSA) is 102 Å². The molecular weight excluding hydrogens is 318 g/mol. The molecule has 2 rings (SSSR count). The van der Waals surface area contributed by atoms with Crippen molar-refractivity contribution in [3.8, 4) is 0 Å². The molecule has 1 unspecified atom stereocenters. The number of hydrogen-bond donors (Lipinski definition) is 2. The Morgan fingerprint density at radius 3 is 2.65 bits per heavy atom. The second kappa shape index (κ2) is 6.57. The molecule has 0 radical (unpaired) electrons. The molecule has 1 fully saturated rings. The van der Waals surface area contributed by atoms with Crippen LogP contribution in [0.5, 0.6) is 0 Å². The van der Waals surface area contributed by atoms with E-state index in [1.807, 2.05) is 0 Å². The smallest absolute Gasteiger partial charge is 0.410 e. The lowest BCUT2D eigenvalue weighted by Crippen LogP contribution is -2.36. The van der Waals surface area contributed by atoms with E-state index in [0.717, 1.165) is 0 Å². The number of thiophene rings is 1. The summed E-state index contributed by atoms with van der Waals surface area (Å²) in [5, 5.41) is 4.42. The van der Waals surface area contributed by atoms with Gasteiger partial charge in [-0.05, 0) is 33.3 Å². The first kappa shape index (κ1) is 17.3. The maximum atomic E-state index is 12.2. The molecule has 23 heavy (non-hydrogen) atoms. The SMILES string of the molecule is CC(C)(C)OC(=O)N1CCC(C(=O)Nc2csc(C(N)=O)c2)C1. The predicted molar refractivity (Wildman–Crippen MR) is 87.4 cm³/mol. The number of nitrogens with one attached hydrogen (secondary N) is 1. The van der Waals surface area contributed by atoms with Crippen LogP contribution in [-0.2, 0) is 9.53 Å². The summed E-state index contributed by atoms with van der Waals surface area (Å²) in [7, 11) is 0. The molecule has 0 aliphatic carbocycles. The Morgan fingerprint density at radius 1 is 1.39 bits per heavy atom. The Bertz CT molecular complexity index is 620. The predicted octanol–water partition coefficient (Wildman–Crippen LogP) is 2.04. The van der Waals surface area contributed by atoms with Crippen molar-refractivity contribution in [2.45, 2.75) is 32.8 Å². The fourth-order valence-electron chi connectivity index (χ4n) is 2.24. The zero-order valence-corrected chi connectivity index (χ0v) is 14.2. The summed E-state index contributed by atoms with van der Waals surface area (Å²) in [4.78, 5) is 37.2. The molecule has 0 spiro atoms. The number of carbonyl (C=O) groups is 3. The molecule has 3 N–H and O–H groups in total. The van der Waals surface area contributed by atoms with Crippen molar-refractivity contribution in [2.75, 3.05) is 18.4 Å². The third kappa shape index (κ3) is 4.69. The van der Waals surface area contributed by atoms with E-state index < -0.39 is 17.6 Å². The van der Waals surface area contributed by atoms with E-state index in [4.69, 9.17) is 10.5 Å². The highest BCUT2D eigenvalue weighted by Crippen LogP contribution is 2.23. The van der Waals surface area contributed by atoms with Gasteiger partial charge in [-0.15, -0.1) is 11.3 Å². The van der Waals surface area contributed by atoms with Crippen LogP contribution in [0.4, 0.5) is 10.5 Å². The summed E-state index contributed by atoms with van der Waals surface area (Å²) in [6.45, 7) is 6.23. The van der Waals surface area contributed by atoms with Gasteiger partial charge in [-0.25, -0.2) is 4.79 Å². The van der Waals surface area contributed by atoms with Crippen molar-refractivity contribution in [1.82, 2.24) is 4.90 Å². The summed E-state index contributed by atoms with van der Waals surface area (Å²) in [5.74, 6) is -0.989. The Morgan fingerprint density at radius 2 is 2.09 bits per heavy atom. The minimum Gasteiger partial charge on any atom is -0.444 e. The molecule has 1 aliphatic heterocycles. The van der Waals surface area contributed by atoms with Crippen molar-refractivity contribution in [3.63, 3.8) is 0 Å². The Labute approximate surface area is 138 Å². The van der Waals surface area contributed by atoms with Gasteiger partial charge in [0, 0.05) is 18.5 Å². The van der Waals surface area contributed by atoms with Crippen molar-refractivity contribution < 1.29 is 19.1 Å². The zero-order chi connectivity index (χ0) is 17.2.